The van der Waals surface area contributed by atoms with Crippen molar-refractivity contribution in [3.63, 3.8) is 0 Å². The lowest BCUT2D eigenvalue weighted by atomic mass is 10.0. The Morgan fingerprint density at radius 1 is 1.11 bits per heavy atom. The Morgan fingerprint density at radius 3 is 2.59 bits per heavy atom. The highest BCUT2D eigenvalue weighted by Gasteiger charge is 2.29. The van der Waals surface area contributed by atoms with E-state index in [1.54, 1.807) is 50.6 Å². The number of ether oxygens (including phenoxy) is 2. The molecule has 0 aliphatic carbocycles. The van der Waals surface area contributed by atoms with Crippen LogP contribution in [0.3, 0.4) is 0 Å². The molecule has 0 aromatic heterocycles. The lowest BCUT2D eigenvalue weighted by molar-refractivity contribution is -0.125. The van der Waals surface area contributed by atoms with Gasteiger partial charge in [0.25, 0.3) is 5.91 Å². The second kappa shape index (κ2) is 7.90. The fraction of sp³-hybridized carbons (Fsp3) is 0.250. The molecule has 0 unspecified atom stereocenters. The van der Waals surface area contributed by atoms with Gasteiger partial charge in [-0.3, -0.25) is 9.59 Å². The van der Waals surface area contributed by atoms with Gasteiger partial charge in [0.2, 0.25) is 6.10 Å². The Morgan fingerprint density at radius 2 is 1.89 bits per heavy atom. The van der Waals surface area contributed by atoms with Crippen LogP contribution in [0.4, 0.5) is 5.69 Å². The molecule has 1 atom stereocenters. The summed E-state index contributed by atoms with van der Waals surface area (Å²) in [6.07, 6.45) is -0.414. The average molecular weight is 368 g/mol. The Kier molecular flexibility index (Phi) is 5.40. The van der Waals surface area contributed by atoms with E-state index in [1.807, 2.05) is 6.07 Å². The Bertz CT molecular complexity index is 907. The van der Waals surface area contributed by atoms with E-state index in [0.29, 0.717) is 34.9 Å². The van der Waals surface area contributed by atoms with Crippen LogP contribution in [0.5, 0.6) is 11.5 Å². The highest BCUT2D eigenvalue weighted by atomic mass is 16.6. The van der Waals surface area contributed by atoms with Gasteiger partial charge in [0, 0.05) is 23.2 Å². The van der Waals surface area contributed by atoms with Crippen molar-refractivity contribution < 1.29 is 23.9 Å². The summed E-state index contributed by atoms with van der Waals surface area (Å²) in [5.74, 6) is 0.796. The number of carbonyl (C=O) groups is 2. The monoisotopic (exact) mass is 368 g/mol. The van der Waals surface area contributed by atoms with Crippen LogP contribution < -0.4 is 14.8 Å². The fourth-order valence-electron chi connectivity index (χ4n) is 2.74. The van der Waals surface area contributed by atoms with E-state index >= 15 is 0 Å². The maximum atomic E-state index is 12.5. The normalized spacial score (nSPS) is 15.5. The fourth-order valence-corrected chi connectivity index (χ4v) is 2.74. The van der Waals surface area contributed by atoms with Crippen LogP contribution in [-0.4, -0.2) is 37.7 Å². The van der Waals surface area contributed by atoms with Gasteiger partial charge in [-0.05, 0) is 37.3 Å². The molecule has 2 aromatic rings. The van der Waals surface area contributed by atoms with Crippen LogP contribution in [0.25, 0.3) is 0 Å². The average Bonchev–Trinajstić information content (AvgIpc) is 3.18. The van der Waals surface area contributed by atoms with Crippen molar-refractivity contribution in [3.05, 3.63) is 53.6 Å². The minimum Gasteiger partial charge on any atom is -0.493 e. The maximum Gasteiger partial charge on any atom is 0.268 e. The van der Waals surface area contributed by atoms with Gasteiger partial charge >= 0.3 is 0 Å². The number of ketones is 1. The van der Waals surface area contributed by atoms with Crippen molar-refractivity contribution in [3.8, 4) is 11.5 Å². The number of nitrogens with one attached hydrogen (secondary N) is 1. The summed E-state index contributed by atoms with van der Waals surface area (Å²) in [5.41, 5.74) is 2.51. The minimum atomic E-state index is -0.742. The van der Waals surface area contributed by atoms with E-state index in [-0.39, 0.29) is 11.7 Å². The molecule has 7 nitrogen and oxygen atoms in total. The molecule has 1 aliphatic heterocycles. The van der Waals surface area contributed by atoms with Gasteiger partial charge in [0.15, 0.2) is 17.3 Å². The number of Topliss-reactive ketones (excluding diaryl/α,β-unsaturated/α-hetero) is 1. The summed E-state index contributed by atoms with van der Waals surface area (Å²) in [6, 6.07) is 12.2. The third-order valence-corrected chi connectivity index (χ3v) is 4.21. The van der Waals surface area contributed by atoms with Gasteiger partial charge in [0.1, 0.15) is 0 Å². The molecule has 1 amide bonds. The Labute approximate surface area is 156 Å². The molecule has 0 saturated heterocycles. The third-order valence-electron chi connectivity index (χ3n) is 4.21. The molecule has 27 heavy (non-hydrogen) atoms. The van der Waals surface area contributed by atoms with Crippen molar-refractivity contribution in [1.29, 1.82) is 0 Å². The highest BCUT2D eigenvalue weighted by molar-refractivity contribution is 6.06. The van der Waals surface area contributed by atoms with Crippen LogP contribution >= 0.6 is 0 Å². The van der Waals surface area contributed by atoms with Crippen LogP contribution in [0.15, 0.2) is 47.6 Å². The van der Waals surface area contributed by atoms with Crippen molar-refractivity contribution >= 4 is 23.1 Å². The van der Waals surface area contributed by atoms with Gasteiger partial charge in [0.05, 0.1) is 19.9 Å². The smallest absolute Gasteiger partial charge is 0.268 e. The Hall–Kier alpha value is -3.35. The molecular formula is C20H20N2O5. The van der Waals surface area contributed by atoms with Gasteiger partial charge in [-0.15, -0.1) is 0 Å². The second-order valence-electron chi connectivity index (χ2n) is 6.03. The summed E-state index contributed by atoms with van der Waals surface area (Å²) in [4.78, 5) is 29.2. The van der Waals surface area contributed by atoms with Crippen molar-refractivity contribution in [2.24, 2.45) is 5.16 Å². The number of amides is 1. The number of hydrogen-bond donors (Lipinski definition) is 1. The topological polar surface area (TPSA) is 86.2 Å². The quantitative estimate of drug-likeness (QED) is 0.792. The predicted molar refractivity (Wildman–Crippen MR) is 101 cm³/mol. The standard InChI is InChI=1S/C20H20N2O5/c1-12(23)13-5-4-6-15(9-13)21-20(24)19-11-16(22-27-19)14-7-8-17(25-2)18(10-14)26-3/h4-10,19H,11H2,1-3H3,(H,21,24)/t19-/m0/s1. The molecule has 0 saturated carbocycles. The second-order valence-corrected chi connectivity index (χ2v) is 6.03. The summed E-state index contributed by atoms with van der Waals surface area (Å²) in [6.45, 7) is 1.48. The predicted octanol–water partition coefficient (Wildman–Crippen LogP) is 3.04. The molecule has 1 heterocycles. The molecule has 0 radical (unpaired) electrons. The number of methoxy groups -OCH3 is 2. The number of hydrogen-bond acceptors (Lipinski definition) is 6. The molecule has 0 spiro atoms. The van der Waals surface area contributed by atoms with Gasteiger partial charge in [-0.1, -0.05) is 17.3 Å². The number of rotatable bonds is 6. The first-order valence-corrected chi connectivity index (χ1v) is 8.38. The summed E-state index contributed by atoms with van der Waals surface area (Å²) in [7, 11) is 3.12. The SMILES string of the molecule is COc1ccc(C2=NO[C@H](C(=O)Nc3cccc(C(C)=O)c3)C2)cc1OC. The molecule has 140 valence electrons. The zero-order chi connectivity index (χ0) is 19.4. The van der Waals surface area contributed by atoms with E-state index < -0.39 is 6.10 Å². The first kappa shape index (κ1) is 18.4. The molecule has 2 aromatic carbocycles. The molecular weight excluding hydrogens is 348 g/mol. The van der Waals surface area contributed by atoms with E-state index in [2.05, 4.69) is 10.5 Å². The largest absolute Gasteiger partial charge is 0.493 e. The van der Waals surface area contributed by atoms with Crippen LogP contribution in [0.1, 0.15) is 29.3 Å². The number of benzene rings is 2. The summed E-state index contributed by atoms with van der Waals surface area (Å²) in [5, 5.41) is 6.79. The molecule has 1 N–H and O–H groups in total. The zero-order valence-electron chi connectivity index (χ0n) is 15.3. The van der Waals surface area contributed by atoms with E-state index in [9.17, 15) is 9.59 Å². The van der Waals surface area contributed by atoms with Crippen LogP contribution in [-0.2, 0) is 9.63 Å². The highest BCUT2D eigenvalue weighted by Crippen LogP contribution is 2.29. The number of carbonyl (C=O) groups excluding carboxylic acids is 2. The molecule has 3 rings (SSSR count). The van der Waals surface area contributed by atoms with Crippen molar-refractivity contribution in [2.75, 3.05) is 19.5 Å². The number of nitrogens with zero attached hydrogens (tertiary/aromatic N) is 1. The van der Waals surface area contributed by atoms with E-state index in [4.69, 9.17) is 14.3 Å². The van der Waals surface area contributed by atoms with Crippen LogP contribution in [0.2, 0.25) is 0 Å². The van der Waals surface area contributed by atoms with Gasteiger partial charge in [-0.2, -0.15) is 0 Å². The maximum absolute atomic E-state index is 12.5. The summed E-state index contributed by atoms with van der Waals surface area (Å²) < 4.78 is 10.5. The van der Waals surface area contributed by atoms with Crippen molar-refractivity contribution in [1.82, 2.24) is 0 Å². The molecule has 0 fully saturated rings. The number of oxime groups is 1. The van der Waals surface area contributed by atoms with E-state index in [0.717, 1.165) is 5.56 Å². The molecule has 0 bridgehead atoms. The molecule has 1 aliphatic rings. The minimum absolute atomic E-state index is 0.0673. The third kappa shape index (κ3) is 4.08. The lowest BCUT2D eigenvalue weighted by Crippen LogP contribution is -2.28. The zero-order valence-corrected chi connectivity index (χ0v) is 15.3. The summed E-state index contributed by atoms with van der Waals surface area (Å²) >= 11 is 0. The Balaban J connectivity index is 1.67. The van der Waals surface area contributed by atoms with Gasteiger partial charge in [-0.25, -0.2) is 0 Å². The van der Waals surface area contributed by atoms with Gasteiger partial charge < -0.3 is 19.6 Å². The first-order valence-electron chi connectivity index (χ1n) is 8.38. The lowest BCUT2D eigenvalue weighted by Gasteiger charge is -2.11. The van der Waals surface area contributed by atoms with Crippen LogP contribution in [0, 0.1) is 0 Å². The molecule has 7 heteroatoms. The van der Waals surface area contributed by atoms with E-state index in [1.165, 1.54) is 6.92 Å². The number of anilines is 1. The first-order chi connectivity index (χ1) is 13.0. The van der Waals surface area contributed by atoms with Crippen molar-refractivity contribution in [2.45, 2.75) is 19.4 Å².